The van der Waals surface area contributed by atoms with Crippen LogP contribution >= 0.6 is 0 Å². The van der Waals surface area contributed by atoms with Crippen molar-refractivity contribution in [1.29, 1.82) is 0 Å². The minimum atomic E-state index is -0.876. The summed E-state index contributed by atoms with van der Waals surface area (Å²) in [7, 11) is 0. The molecule has 6 heteroatoms. The van der Waals surface area contributed by atoms with E-state index in [0.717, 1.165) is 13.0 Å². The molecular weight excluding hydrogens is 311 g/mol. The first kappa shape index (κ1) is 18.7. The number of carbonyl (C=O) groups excluding carboxylic acids is 1. The molecule has 2 rings (SSSR count). The van der Waals surface area contributed by atoms with Crippen LogP contribution in [-0.4, -0.2) is 59.3 Å². The lowest BCUT2D eigenvalue weighted by Gasteiger charge is -2.27. The molecule has 1 fully saturated rings. The van der Waals surface area contributed by atoms with E-state index in [4.69, 9.17) is 4.74 Å². The number of aliphatic hydroxyl groups excluding tert-OH is 1. The van der Waals surface area contributed by atoms with Crippen molar-refractivity contribution in [3.8, 4) is 0 Å². The highest BCUT2D eigenvalue weighted by molar-refractivity contribution is 5.68. The van der Waals surface area contributed by atoms with E-state index in [2.05, 4.69) is 4.90 Å². The minimum absolute atomic E-state index is 0.306. The number of amides is 1. The molecule has 1 unspecified atom stereocenters. The number of carbonyl (C=O) groups is 1. The topological polar surface area (TPSA) is 53.0 Å². The lowest BCUT2D eigenvalue weighted by Crippen LogP contribution is -2.39. The summed E-state index contributed by atoms with van der Waals surface area (Å²) in [6, 6.07) is 6.28. The summed E-state index contributed by atoms with van der Waals surface area (Å²) in [5.41, 5.74) is -0.199. The highest BCUT2D eigenvalue weighted by atomic mass is 19.1. The van der Waals surface area contributed by atoms with Crippen molar-refractivity contribution in [1.82, 2.24) is 9.80 Å². The zero-order chi connectivity index (χ0) is 17.7. The molecule has 1 aliphatic rings. The normalized spacial score (nSPS) is 18.1. The van der Waals surface area contributed by atoms with E-state index in [9.17, 15) is 14.3 Å². The van der Waals surface area contributed by atoms with Crippen LogP contribution < -0.4 is 0 Å². The Morgan fingerprint density at radius 3 is 2.62 bits per heavy atom. The van der Waals surface area contributed by atoms with Gasteiger partial charge < -0.3 is 14.7 Å². The van der Waals surface area contributed by atoms with Gasteiger partial charge in [-0.15, -0.1) is 0 Å². The number of aliphatic hydroxyl groups is 1. The molecule has 0 saturated carbocycles. The van der Waals surface area contributed by atoms with Crippen molar-refractivity contribution < 1.29 is 19.0 Å². The SMILES string of the molecule is CC(C)(C)OC(=O)N1CCCN(CC(O)c2ccccc2F)CC1. The first-order valence-electron chi connectivity index (χ1n) is 8.39. The molecule has 0 radical (unpaired) electrons. The Labute approximate surface area is 143 Å². The number of hydrogen-bond donors (Lipinski definition) is 1. The van der Waals surface area contributed by atoms with Crippen LogP contribution in [0.25, 0.3) is 0 Å². The highest BCUT2D eigenvalue weighted by Gasteiger charge is 2.25. The molecule has 0 bridgehead atoms. The maximum atomic E-state index is 13.8. The van der Waals surface area contributed by atoms with Gasteiger partial charge in [-0.05, 0) is 33.3 Å². The van der Waals surface area contributed by atoms with Crippen LogP contribution in [0.4, 0.5) is 9.18 Å². The van der Waals surface area contributed by atoms with Gasteiger partial charge in [-0.25, -0.2) is 9.18 Å². The van der Waals surface area contributed by atoms with Crippen molar-refractivity contribution in [2.45, 2.75) is 38.9 Å². The zero-order valence-corrected chi connectivity index (χ0v) is 14.7. The molecule has 0 aromatic heterocycles. The Morgan fingerprint density at radius 1 is 1.25 bits per heavy atom. The van der Waals surface area contributed by atoms with Crippen LogP contribution in [0.15, 0.2) is 24.3 Å². The maximum Gasteiger partial charge on any atom is 0.410 e. The molecule has 1 atom stereocenters. The molecule has 1 aromatic rings. The van der Waals surface area contributed by atoms with E-state index in [1.807, 2.05) is 20.8 Å². The maximum absolute atomic E-state index is 13.8. The summed E-state index contributed by atoms with van der Waals surface area (Å²) in [4.78, 5) is 15.9. The lowest BCUT2D eigenvalue weighted by atomic mass is 10.1. The Morgan fingerprint density at radius 2 is 1.96 bits per heavy atom. The molecule has 1 saturated heterocycles. The van der Waals surface area contributed by atoms with Crippen LogP contribution in [0.5, 0.6) is 0 Å². The molecule has 1 aliphatic heterocycles. The van der Waals surface area contributed by atoms with E-state index in [0.29, 0.717) is 31.7 Å². The first-order valence-corrected chi connectivity index (χ1v) is 8.39. The summed E-state index contributed by atoms with van der Waals surface area (Å²) in [5.74, 6) is -0.393. The predicted molar refractivity (Wildman–Crippen MR) is 90.2 cm³/mol. The second-order valence-electron chi connectivity index (χ2n) is 7.16. The Balaban J connectivity index is 1.89. The van der Waals surface area contributed by atoms with E-state index in [-0.39, 0.29) is 6.09 Å². The van der Waals surface area contributed by atoms with Gasteiger partial charge in [0.15, 0.2) is 0 Å². The number of ether oxygens (including phenoxy) is 1. The standard InChI is InChI=1S/C18H27FN2O3/c1-18(2,3)24-17(23)21-10-6-9-20(11-12-21)13-16(22)14-7-4-5-8-15(14)19/h4-5,7-8,16,22H,6,9-13H2,1-3H3. The van der Waals surface area contributed by atoms with Gasteiger partial charge in [-0.3, -0.25) is 4.90 Å². The van der Waals surface area contributed by atoms with Gasteiger partial charge in [0, 0.05) is 38.3 Å². The van der Waals surface area contributed by atoms with Crippen LogP contribution in [0, 0.1) is 5.82 Å². The average molecular weight is 338 g/mol. The first-order chi connectivity index (χ1) is 11.3. The van der Waals surface area contributed by atoms with Gasteiger partial charge in [0.25, 0.3) is 0 Å². The van der Waals surface area contributed by atoms with E-state index >= 15 is 0 Å². The summed E-state index contributed by atoms with van der Waals surface area (Å²) < 4.78 is 19.2. The van der Waals surface area contributed by atoms with E-state index < -0.39 is 17.5 Å². The molecule has 1 heterocycles. The molecule has 1 N–H and O–H groups in total. The van der Waals surface area contributed by atoms with Crippen LogP contribution in [0.1, 0.15) is 38.9 Å². The molecule has 0 spiro atoms. The highest BCUT2D eigenvalue weighted by Crippen LogP contribution is 2.19. The summed E-state index contributed by atoms with van der Waals surface area (Å²) in [5, 5.41) is 10.3. The number of hydrogen-bond acceptors (Lipinski definition) is 4. The average Bonchev–Trinajstić information content (AvgIpc) is 2.71. The monoisotopic (exact) mass is 338 g/mol. The quantitative estimate of drug-likeness (QED) is 0.921. The fourth-order valence-electron chi connectivity index (χ4n) is 2.75. The molecule has 1 amide bonds. The lowest BCUT2D eigenvalue weighted by molar-refractivity contribution is 0.0255. The van der Waals surface area contributed by atoms with Crippen molar-refractivity contribution >= 4 is 6.09 Å². The van der Waals surface area contributed by atoms with Gasteiger partial charge in [0.05, 0.1) is 6.10 Å². The van der Waals surface area contributed by atoms with E-state index in [1.165, 1.54) is 6.07 Å². The minimum Gasteiger partial charge on any atom is -0.444 e. The third-order valence-corrected chi connectivity index (χ3v) is 3.94. The van der Waals surface area contributed by atoms with Crippen molar-refractivity contribution in [3.63, 3.8) is 0 Å². The summed E-state index contributed by atoms with van der Waals surface area (Å²) >= 11 is 0. The number of β-amino-alcohol motifs (C(OH)–C–C–N with tert-alkyl or cyclic N) is 1. The largest absolute Gasteiger partial charge is 0.444 e. The fraction of sp³-hybridized carbons (Fsp3) is 0.611. The summed E-state index contributed by atoms with van der Waals surface area (Å²) in [6.45, 7) is 8.44. The van der Waals surface area contributed by atoms with Gasteiger partial charge in [-0.1, -0.05) is 18.2 Å². The Bertz CT molecular complexity index is 559. The molecule has 24 heavy (non-hydrogen) atoms. The molecule has 0 aliphatic carbocycles. The van der Waals surface area contributed by atoms with Crippen LogP contribution in [0.2, 0.25) is 0 Å². The molecule has 134 valence electrons. The number of benzene rings is 1. The predicted octanol–water partition coefficient (Wildman–Crippen LogP) is 2.80. The molecule has 1 aromatic carbocycles. The Kier molecular flexibility index (Phi) is 6.18. The van der Waals surface area contributed by atoms with Gasteiger partial charge >= 0.3 is 6.09 Å². The third-order valence-electron chi connectivity index (χ3n) is 3.94. The zero-order valence-electron chi connectivity index (χ0n) is 14.7. The van der Waals surface area contributed by atoms with Gasteiger partial charge in [0.1, 0.15) is 11.4 Å². The molecular formula is C18H27FN2O3. The van der Waals surface area contributed by atoms with Gasteiger partial charge in [-0.2, -0.15) is 0 Å². The summed E-state index contributed by atoms with van der Waals surface area (Å²) in [6.07, 6.45) is -0.387. The fourth-order valence-corrected chi connectivity index (χ4v) is 2.75. The Hall–Kier alpha value is -1.66. The number of rotatable bonds is 3. The van der Waals surface area contributed by atoms with Crippen molar-refractivity contribution in [2.75, 3.05) is 32.7 Å². The second-order valence-corrected chi connectivity index (χ2v) is 7.16. The van der Waals surface area contributed by atoms with Gasteiger partial charge in [0.2, 0.25) is 0 Å². The van der Waals surface area contributed by atoms with Crippen LogP contribution in [-0.2, 0) is 4.74 Å². The van der Waals surface area contributed by atoms with Crippen molar-refractivity contribution in [2.24, 2.45) is 0 Å². The smallest absolute Gasteiger partial charge is 0.410 e. The van der Waals surface area contributed by atoms with Crippen LogP contribution in [0.3, 0.4) is 0 Å². The van der Waals surface area contributed by atoms with Crippen molar-refractivity contribution in [3.05, 3.63) is 35.6 Å². The van der Waals surface area contributed by atoms with E-state index in [1.54, 1.807) is 23.1 Å². The number of nitrogens with zero attached hydrogens (tertiary/aromatic N) is 2. The third kappa shape index (κ3) is 5.46. The number of halogens is 1. The molecule has 5 nitrogen and oxygen atoms in total. The second kappa shape index (κ2) is 7.94.